The van der Waals surface area contributed by atoms with E-state index in [0.29, 0.717) is 11.3 Å². The van der Waals surface area contributed by atoms with Crippen LogP contribution in [0.2, 0.25) is 0 Å². The summed E-state index contributed by atoms with van der Waals surface area (Å²) in [6.45, 7) is 9.77. The van der Waals surface area contributed by atoms with Crippen molar-refractivity contribution in [3.8, 4) is 11.1 Å². The molecule has 1 heterocycles. The van der Waals surface area contributed by atoms with Crippen molar-refractivity contribution in [2.75, 3.05) is 5.73 Å². The summed E-state index contributed by atoms with van der Waals surface area (Å²) in [7, 11) is 1.79. The summed E-state index contributed by atoms with van der Waals surface area (Å²) in [6.07, 6.45) is 3.92. The molecule has 0 fully saturated rings. The van der Waals surface area contributed by atoms with Crippen LogP contribution in [0, 0.1) is 6.92 Å². The van der Waals surface area contributed by atoms with Crippen LogP contribution >= 0.6 is 0 Å². The van der Waals surface area contributed by atoms with Gasteiger partial charge in [-0.25, -0.2) is 0 Å². The summed E-state index contributed by atoms with van der Waals surface area (Å²) in [5.74, 6) is 0. The number of hydrogen-bond donors (Lipinski definition) is 1. The number of rotatable bonds is 2. The molecule has 0 aliphatic heterocycles. The van der Waals surface area contributed by atoms with E-state index < -0.39 is 0 Å². The second kappa shape index (κ2) is 6.06. The van der Waals surface area contributed by atoms with Gasteiger partial charge in [0, 0.05) is 18.3 Å². The first-order chi connectivity index (χ1) is 10.3. The Morgan fingerprint density at radius 1 is 1.27 bits per heavy atom. The van der Waals surface area contributed by atoms with Crippen molar-refractivity contribution in [1.29, 1.82) is 0 Å². The van der Waals surface area contributed by atoms with Crippen LogP contribution in [0.25, 0.3) is 23.3 Å². The zero-order valence-electron chi connectivity index (χ0n) is 13.6. The van der Waals surface area contributed by atoms with Crippen molar-refractivity contribution in [1.82, 2.24) is 4.57 Å². The molecule has 2 aromatic rings. The number of allylic oxidation sites excluding steroid dienone is 1. The number of hydrogen-bond acceptors (Lipinski definition) is 2. The van der Waals surface area contributed by atoms with Crippen molar-refractivity contribution < 1.29 is 0 Å². The van der Waals surface area contributed by atoms with Gasteiger partial charge in [0.25, 0.3) is 5.56 Å². The first-order valence-electron chi connectivity index (χ1n) is 7.25. The highest BCUT2D eigenvalue weighted by molar-refractivity contribution is 5.70. The minimum atomic E-state index is -0.0354. The molecule has 3 heteroatoms. The zero-order valence-corrected chi connectivity index (χ0v) is 13.6. The number of anilines is 1. The lowest BCUT2D eigenvalue weighted by molar-refractivity contribution is 0.820. The maximum absolute atomic E-state index is 12.8. The first-order valence-corrected chi connectivity index (χ1v) is 7.25. The lowest BCUT2D eigenvalue weighted by Crippen LogP contribution is -2.42. The quantitative estimate of drug-likeness (QED) is 0.862. The normalized spacial score (nSPS) is 12.7. The van der Waals surface area contributed by atoms with E-state index in [-0.39, 0.29) is 5.56 Å². The van der Waals surface area contributed by atoms with Crippen molar-refractivity contribution in [3.05, 3.63) is 62.9 Å². The highest BCUT2D eigenvalue weighted by atomic mass is 16.1. The molecule has 0 atom stereocenters. The Labute approximate surface area is 130 Å². The third kappa shape index (κ3) is 2.89. The van der Waals surface area contributed by atoms with Crippen molar-refractivity contribution >= 4 is 17.8 Å². The molecule has 2 N–H and O–H groups in total. The molecule has 0 amide bonds. The summed E-state index contributed by atoms with van der Waals surface area (Å²) >= 11 is 0. The first kappa shape index (κ1) is 15.8. The average molecular weight is 294 g/mol. The summed E-state index contributed by atoms with van der Waals surface area (Å²) in [4.78, 5) is 12.8. The van der Waals surface area contributed by atoms with Crippen LogP contribution < -0.4 is 21.9 Å². The monoisotopic (exact) mass is 294 g/mol. The lowest BCUT2D eigenvalue weighted by Gasteiger charge is -2.10. The number of nitrogens with zero attached hydrogens (tertiary/aromatic N) is 1. The molecule has 0 saturated carbocycles. The molecule has 3 nitrogen and oxygen atoms in total. The van der Waals surface area contributed by atoms with Crippen LogP contribution in [0.3, 0.4) is 0 Å². The van der Waals surface area contributed by atoms with Gasteiger partial charge in [-0.2, -0.15) is 0 Å². The van der Waals surface area contributed by atoms with E-state index in [0.717, 1.165) is 27.3 Å². The molecule has 0 radical (unpaired) electrons. The van der Waals surface area contributed by atoms with Gasteiger partial charge in [0.1, 0.15) is 0 Å². The Hall–Kier alpha value is -2.55. The SMILES string of the molecule is C=C(C)/C=c1\c(=C/C)cc(-c2cc(N)ccc2C)c(=O)n1C. The van der Waals surface area contributed by atoms with E-state index in [1.165, 1.54) is 0 Å². The van der Waals surface area contributed by atoms with E-state index in [2.05, 4.69) is 6.58 Å². The van der Waals surface area contributed by atoms with Crippen molar-refractivity contribution in [2.45, 2.75) is 20.8 Å². The summed E-state index contributed by atoms with van der Waals surface area (Å²) in [5, 5.41) is 1.87. The van der Waals surface area contributed by atoms with Crippen molar-refractivity contribution in [3.63, 3.8) is 0 Å². The van der Waals surface area contributed by atoms with Gasteiger partial charge in [0.2, 0.25) is 0 Å². The zero-order chi connectivity index (χ0) is 16.4. The van der Waals surface area contributed by atoms with Gasteiger partial charge in [-0.1, -0.05) is 24.3 Å². The van der Waals surface area contributed by atoms with Crippen LogP contribution in [0.1, 0.15) is 19.4 Å². The fourth-order valence-corrected chi connectivity index (χ4v) is 2.54. The molecule has 0 aliphatic carbocycles. The second-order valence-corrected chi connectivity index (χ2v) is 5.62. The molecule has 1 aromatic heterocycles. The minimum absolute atomic E-state index is 0.0354. The van der Waals surface area contributed by atoms with E-state index in [1.807, 2.05) is 57.2 Å². The molecule has 0 bridgehead atoms. The Morgan fingerprint density at radius 3 is 2.55 bits per heavy atom. The Bertz CT molecular complexity index is 918. The molecular formula is C19H22N2O. The summed E-state index contributed by atoms with van der Waals surface area (Å²) in [6, 6.07) is 7.57. The number of benzene rings is 1. The summed E-state index contributed by atoms with van der Waals surface area (Å²) in [5.41, 5.74) is 9.99. The van der Waals surface area contributed by atoms with Gasteiger partial charge < -0.3 is 10.3 Å². The number of pyridine rings is 1. The molecule has 22 heavy (non-hydrogen) atoms. The fraction of sp³-hybridized carbons (Fsp3) is 0.211. The standard InChI is InChI=1S/C19H22N2O/c1-6-14-10-17(16-11-15(20)8-7-13(16)4)19(22)21(5)18(14)9-12(2)3/h6-11H,2,20H2,1,3-5H3/b14-6-,18-9+. The molecular weight excluding hydrogens is 272 g/mol. The van der Waals surface area contributed by atoms with Crippen LogP contribution in [0.4, 0.5) is 5.69 Å². The number of aryl methyl sites for hydroxylation is 1. The smallest absolute Gasteiger partial charge is 0.258 e. The molecule has 1 aromatic carbocycles. The minimum Gasteiger partial charge on any atom is -0.399 e. The summed E-state index contributed by atoms with van der Waals surface area (Å²) < 4.78 is 1.67. The average Bonchev–Trinajstić information content (AvgIpc) is 2.47. The van der Waals surface area contributed by atoms with Crippen molar-refractivity contribution in [2.24, 2.45) is 7.05 Å². The maximum atomic E-state index is 12.8. The topological polar surface area (TPSA) is 48.0 Å². The molecule has 2 rings (SSSR count). The molecule has 0 aliphatic rings. The molecule has 0 saturated heterocycles. The van der Waals surface area contributed by atoms with E-state index in [9.17, 15) is 4.79 Å². The molecule has 0 unspecified atom stereocenters. The second-order valence-electron chi connectivity index (χ2n) is 5.62. The highest BCUT2D eigenvalue weighted by Crippen LogP contribution is 2.21. The lowest BCUT2D eigenvalue weighted by atomic mass is 10.00. The predicted molar refractivity (Wildman–Crippen MR) is 94.9 cm³/mol. The third-order valence-corrected chi connectivity index (χ3v) is 3.74. The Kier molecular flexibility index (Phi) is 4.36. The van der Waals surface area contributed by atoms with Gasteiger partial charge in [-0.3, -0.25) is 4.79 Å². The predicted octanol–water partition coefficient (Wildman–Crippen LogP) is 2.10. The maximum Gasteiger partial charge on any atom is 0.258 e. The van der Waals surface area contributed by atoms with Gasteiger partial charge in [-0.15, -0.1) is 0 Å². The number of nitrogens with two attached hydrogens (primary N) is 1. The van der Waals surface area contributed by atoms with E-state index in [4.69, 9.17) is 5.73 Å². The molecule has 0 spiro atoms. The van der Waals surface area contributed by atoms with Gasteiger partial charge in [0.05, 0.1) is 5.35 Å². The van der Waals surface area contributed by atoms with Gasteiger partial charge in [0.15, 0.2) is 0 Å². The van der Waals surface area contributed by atoms with E-state index >= 15 is 0 Å². The van der Waals surface area contributed by atoms with Crippen LogP contribution in [0.15, 0.2) is 41.2 Å². The van der Waals surface area contributed by atoms with E-state index in [1.54, 1.807) is 11.6 Å². The van der Waals surface area contributed by atoms with Crippen LogP contribution in [-0.4, -0.2) is 4.57 Å². The highest BCUT2D eigenvalue weighted by Gasteiger charge is 2.09. The Balaban J connectivity index is 2.93. The Morgan fingerprint density at radius 2 is 1.95 bits per heavy atom. The number of aromatic nitrogens is 1. The fourth-order valence-electron chi connectivity index (χ4n) is 2.54. The molecule has 114 valence electrons. The largest absolute Gasteiger partial charge is 0.399 e. The number of nitrogen functional groups attached to an aromatic ring is 1. The van der Waals surface area contributed by atoms with Gasteiger partial charge >= 0.3 is 0 Å². The van der Waals surface area contributed by atoms with Crippen LogP contribution in [0.5, 0.6) is 0 Å². The van der Waals surface area contributed by atoms with Gasteiger partial charge in [-0.05, 0) is 61.4 Å². The third-order valence-electron chi connectivity index (χ3n) is 3.74. The van der Waals surface area contributed by atoms with Crippen LogP contribution in [-0.2, 0) is 7.05 Å².